The van der Waals surface area contributed by atoms with Gasteiger partial charge in [-0.15, -0.1) is 0 Å². The van der Waals surface area contributed by atoms with Crippen molar-refractivity contribution < 1.29 is 0 Å². The summed E-state index contributed by atoms with van der Waals surface area (Å²) in [7, 11) is 0. The molecule has 1 aliphatic rings. The third-order valence-electron chi connectivity index (χ3n) is 4.00. The first-order chi connectivity index (χ1) is 5.64. The van der Waals surface area contributed by atoms with E-state index in [-0.39, 0.29) is 0 Å². The molecule has 0 radical (unpaired) electrons. The molecule has 1 fully saturated rings. The maximum atomic E-state index is 2.44. The Labute approximate surface area is 77.7 Å². The topological polar surface area (TPSA) is 0 Å². The summed E-state index contributed by atoms with van der Waals surface area (Å²) in [5.74, 6) is 1.91. The van der Waals surface area contributed by atoms with Crippen molar-refractivity contribution in [3.63, 3.8) is 0 Å². The molecule has 0 nitrogen and oxygen atoms in total. The second kappa shape index (κ2) is 3.81. The summed E-state index contributed by atoms with van der Waals surface area (Å²) in [5.41, 5.74) is 0.782. The van der Waals surface area contributed by atoms with Gasteiger partial charge in [-0.2, -0.15) is 0 Å². The van der Waals surface area contributed by atoms with Crippen LogP contribution in [0.3, 0.4) is 0 Å². The molecule has 0 aromatic heterocycles. The summed E-state index contributed by atoms with van der Waals surface area (Å²) in [6, 6.07) is 0. The SMILES string of the molecule is CC[C@H](C)CC1([C@@H](C)CC)CC1. The lowest BCUT2D eigenvalue weighted by Crippen LogP contribution is -2.15. The highest BCUT2D eigenvalue weighted by Crippen LogP contribution is 2.57. The quantitative estimate of drug-likeness (QED) is 0.575. The maximum absolute atomic E-state index is 2.44. The van der Waals surface area contributed by atoms with Crippen LogP contribution >= 0.6 is 0 Å². The Morgan fingerprint density at radius 1 is 1.08 bits per heavy atom. The molecule has 0 aliphatic heterocycles. The minimum atomic E-state index is 0.782. The first-order valence-corrected chi connectivity index (χ1v) is 5.64. The van der Waals surface area contributed by atoms with Crippen LogP contribution in [0.1, 0.15) is 59.8 Å². The molecule has 1 aliphatic carbocycles. The van der Waals surface area contributed by atoms with E-state index in [4.69, 9.17) is 0 Å². The fraction of sp³-hybridized carbons (Fsp3) is 1.00. The molecule has 0 aromatic rings. The van der Waals surface area contributed by atoms with Crippen LogP contribution in [0.15, 0.2) is 0 Å². The monoisotopic (exact) mass is 168 g/mol. The summed E-state index contributed by atoms with van der Waals surface area (Å²) >= 11 is 0. The van der Waals surface area contributed by atoms with Crippen molar-refractivity contribution in [1.82, 2.24) is 0 Å². The van der Waals surface area contributed by atoms with Crippen LogP contribution in [0.5, 0.6) is 0 Å². The van der Waals surface area contributed by atoms with Crippen molar-refractivity contribution in [2.75, 3.05) is 0 Å². The molecule has 0 spiro atoms. The molecule has 0 heterocycles. The minimum Gasteiger partial charge on any atom is -0.0651 e. The zero-order valence-corrected chi connectivity index (χ0v) is 9.19. The molecule has 1 saturated carbocycles. The Morgan fingerprint density at radius 2 is 1.67 bits per heavy atom. The van der Waals surface area contributed by atoms with Gasteiger partial charge in [0.15, 0.2) is 0 Å². The summed E-state index contributed by atoms with van der Waals surface area (Å²) < 4.78 is 0. The summed E-state index contributed by atoms with van der Waals surface area (Å²) in [6.45, 7) is 9.50. The van der Waals surface area contributed by atoms with Crippen molar-refractivity contribution in [3.8, 4) is 0 Å². The Kier molecular flexibility index (Phi) is 3.20. The lowest BCUT2D eigenvalue weighted by atomic mass is 9.81. The van der Waals surface area contributed by atoms with Gasteiger partial charge in [-0.1, -0.05) is 40.5 Å². The molecule has 0 heteroatoms. The lowest BCUT2D eigenvalue weighted by molar-refractivity contribution is 0.256. The van der Waals surface area contributed by atoms with Crippen molar-refractivity contribution in [3.05, 3.63) is 0 Å². The fourth-order valence-electron chi connectivity index (χ4n) is 2.33. The highest BCUT2D eigenvalue weighted by molar-refractivity contribution is 4.96. The standard InChI is InChI=1S/C12H24/c1-5-10(3)9-12(7-8-12)11(4)6-2/h10-11H,5-9H2,1-4H3/t10-,11-/m0/s1. The van der Waals surface area contributed by atoms with E-state index in [0.29, 0.717) is 0 Å². The van der Waals surface area contributed by atoms with Gasteiger partial charge in [-0.25, -0.2) is 0 Å². The average molecular weight is 168 g/mol. The first-order valence-electron chi connectivity index (χ1n) is 5.64. The zero-order chi connectivity index (χ0) is 9.19. The molecule has 0 N–H and O–H groups in total. The Morgan fingerprint density at radius 3 is 2.00 bits per heavy atom. The van der Waals surface area contributed by atoms with Crippen molar-refractivity contribution >= 4 is 0 Å². The Bertz CT molecular complexity index is 133. The van der Waals surface area contributed by atoms with Crippen LogP contribution in [0, 0.1) is 17.3 Å². The van der Waals surface area contributed by atoms with Gasteiger partial charge in [-0.3, -0.25) is 0 Å². The molecular weight excluding hydrogens is 144 g/mol. The van der Waals surface area contributed by atoms with Gasteiger partial charge < -0.3 is 0 Å². The second-order valence-corrected chi connectivity index (χ2v) is 4.89. The molecule has 72 valence electrons. The first kappa shape index (κ1) is 10.1. The van der Waals surface area contributed by atoms with Gasteiger partial charge >= 0.3 is 0 Å². The van der Waals surface area contributed by atoms with E-state index < -0.39 is 0 Å². The molecule has 12 heavy (non-hydrogen) atoms. The summed E-state index contributed by atoms with van der Waals surface area (Å²) in [6.07, 6.45) is 7.23. The lowest BCUT2D eigenvalue weighted by Gasteiger charge is -2.25. The van der Waals surface area contributed by atoms with Crippen LogP contribution in [0.25, 0.3) is 0 Å². The molecule has 0 bridgehead atoms. The van der Waals surface area contributed by atoms with Crippen LogP contribution in [0.4, 0.5) is 0 Å². The van der Waals surface area contributed by atoms with Crippen LogP contribution in [-0.2, 0) is 0 Å². The molecule has 0 saturated heterocycles. The number of hydrogen-bond donors (Lipinski definition) is 0. The van der Waals surface area contributed by atoms with E-state index in [1.54, 1.807) is 0 Å². The molecule has 1 rings (SSSR count). The maximum Gasteiger partial charge on any atom is -0.0269 e. The second-order valence-electron chi connectivity index (χ2n) is 4.89. The highest BCUT2D eigenvalue weighted by atomic mass is 14.5. The minimum absolute atomic E-state index is 0.782. The normalized spacial score (nSPS) is 25.0. The molecule has 2 atom stereocenters. The smallest absolute Gasteiger partial charge is 0.0269 e. The van der Waals surface area contributed by atoms with E-state index >= 15 is 0 Å². The third-order valence-corrected chi connectivity index (χ3v) is 4.00. The molecule has 0 aromatic carbocycles. The molecular formula is C12H24. The van der Waals surface area contributed by atoms with E-state index in [2.05, 4.69) is 27.7 Å². The van der Waals surface area contributed by atoms with Crippen LogP contribution < -0.4 is 0 Å². The fourth-order valence-corrected chi connectivity index (χ4v) is 2.33. The average Bonchev–Trinajstić information content (AvgIpc) is 2.84. The van der Waals surface area contributed by atoms with Crippen molar-refractivity contribution in [2.45, 2.75) is 59.8 Å². The van der Waals surface area contributed by atoms with Gasteiger partial charge in [0.1, 0.15) is 0 Å². The predicted molar refractivity (Wildman–Crippen MR) is 55.2 cm³/mol. The zero-order valence-electron chi connectivity index (χ0n) is 9.19. The van der Waals surface area contributed by atoms with Gasteiger partial charge in [0.25, 0.3) is 0 Å². The largest absolute Gasteiger partial charge is 0.0651 e. The van der Waals surface area contributed by atoms with Crippen LogP contribution in [0.2, 0.25) is 0 Å². The van der Waals surface area contributed by atoms with Crippen LogP contribution in [-0.4, -0.2) is 0 Å². The van der Waals surface area contributed by atoms with Gasteiger partial charge in [-0.05, 0) is 36.5 Å². The van der Waals surface area contributed by atoms with Gasteiger partial charge in [0.05, 0.1) is 0 Å². The van der Waals surface area contributed by atoms with Crippen molar-refractivity contribution in [1.29, 1.82) is 0 Å². The summed E-state index contributed by atoms with van der Waals surface area (Å²) in [5, 5.41) is 0. The van der Waals surface area contributed by atoms with E-state index in [0.717, 1.165) is 17.3 Å². The molecule has 0 amide bonds. The number of hydrogen-bond acceptors (Lipinski definition) is 0. The van der Waals surface area contributed by atoms with Gasteiger partial charge in [0.2, 0.25) is 0 Å². The number of rotatable bonds is 5. The van der Waals surface area contributed by atoms with E-state index in [1.165, 1.54) is 32.1 Å². The highest BCUT2D eigenvalue weighted by Gasteiger charge is 2.46. The van der Waals surface area contributed by atoms with Gasteiger partial charge in [0, 0.05) is 0 Å². The van der Waals surface area contributed by atoms with E-state index in [9.17, 15) is 0 Å². The van der Waals surface area contributed by atoms with Crippen molar-refractivity contribution in [2.24, 2.45) is 17.3 Å². The molecule has 0 unspecified atom stereocenters. The van der Waals surface area contributed by atoms with E-state index in [1.807, 2.05) is 0 Å². The predicted octanol–water partition coefficient (Wildman–Crippen LogP) is 4.25. The Hall–Kier alpha value is 0. The third kappa shape index (κ3) is 2.02. The summed E-state index contributed by atoms with van der Waals surface area (Å²) in [4.78, 5) is 0. The Balaban J connectivity index is 2.39.